The Balaban J connectivity index is 1.77. The molecule has 2 rings (SSSR count). The summed E-state index contributed by atoms with van der Waals surface area (Å²) in [6.07, 6.45) is 7.99. The molecule has 1 saturated heterocycles. The van der Waals surface area contributed by atoms with Gasteiger partial charge in [0.05, 0.1) is 17.8 Å². The molecule has 0 spiro atoms. The molecule has 0 amide bonds. The zero-order valence-electron chi connectivity index (χ0n) is 10.4. The standard InChI is InChI=1S/C12H22N4O/c1-16-12(7-8-14-16)11(15-13)6-2-4-10-5-3-9-17-10/h7-8,10-11,15H,2-6,9,13H2,1H3. The van der Waals surface area contributed by atoms with Gasteiger partial charge in [0.25, 0.3) is 0 Å². The third kappa shape index (κ3) is 3.28. The average molecular weight is 238 g/mol. The van der Waals surface area contributed by atoms with Gasteiger partial charge in [0.15, 0.2) is 0 Å². The number of hydrogen-bond acceptors (Lipinski definition) is 4. The second kappa shape index (κ2) is 6.14. The molecule has 17 heavy (non-hydrogen) atoms. The van der Waals surface area contributed by atoms with Crippen molar-refractivity contribution >= 4 is 0 Å². The Kier molecular flexibility index (Phi) is 4.53. The lowest BCUT2D eigenvalue weighted by Crippen LogP contribution is -2.29. The van der Waals surface area contributed by atoms with Crippen molar-refractivity contribution in [2.45, 2.75) is 44.2 Å². The molecule has 0 bridgehead atoms. The van der Waals surface area contributed by atoms with Gasteiger partial charge in [-0.05, 0) is 38.2 Å². The van der Waals surface area contributed by atoms with Crippen molar-refractivity contribution in [1.29, 1.82) is 0 Å². The largest absolute Gasteiger partial charge is 0.378 e. The highest BCUT2D eigenvalue weighted by Crippen LogP contribution is 2.22. The minimum absolute atomic E-state index is 0.184. The molecule has 0 aliphatic carbocycles. The maximum absolute atomic E-state index is 5.61. The molecular formula is C12H22N4O. The van der Waals surface area contributed by atoms with Gasteiger partial charge in [-0.1, -0.05) is 0 Å². The van der Waals surface area contributed by atoms with Gasteiger partial charge in [-0.15, -0.1) is 0 Å². The Labute approximate surface area is 102 Å². The zero-order chi connectivity index (χ0) is 12.1. The summed E-state index contributed by atoms with van der Waals surface area (Å²) in [5.41, 5.74) is 4.01. The molecule has 2 atom stereocenters. The Morgan fingerprint density at radius 3 is 3.18 bits per heavy atom. The fourth-order valence-electron chi connectivity index (χ4n) is 2.46. The molecule has 3 N–H and O–H groups in total. The first-order valence-corrected chi connectivity index (χ1v) is 6.37. The number of nitrogens with zero attached hydrogens (tertiary/aromatic N) is 2. The van der Waals surface area contributed by atoms with E-state index >= 15 is 0 Å². The van der Waals surface area contributed by atoms with Gasteiger partial charge in [-0.25, -0.2) is 0 Å². The number of nitrogens with two attached hydrogens (primary N) is 1. The Hall–Kier alpha value is -0.910. The average Bonchev–Trinajstić information content (AvgIpc) is 2.96. The van der Waals surface area contributed by atoms with Gasteiger partial charge in [0, 0.05) is 19.9 Å². The van der Waals surface area contributed by atoms with E-state index in [1.807, 2.05) is 17.8 Å². The first kappa shape index (κ1) is 12.5. The van der Waals surface area contributed by atoms with Crippen LogP contribution in [0.5, 0.6) is 0 Å². The maximum atomic E-state index is 5.61. The van der Waals surface area contributed by atoms with E-state index < -0.39 is 0 Å². The van der Waals surface area contributed by atoms with Gasteiger partial charge in [0.1, 0.15) is 0 Å². The smallest absolute Gasteiger partial charge is 0.0629 e. The summed E-state index contributed by atoms with van der Waals surface area (Å²) in [5, 5.41) is 4.17. The van der Waals surface area contributed by atoms with E-state index in [2.05, 4.69) is 10.5 Å². The summed E-state index contributed by atoms with van der Waals surface area (Å²) in [7, 11) is 1.94. The predicted molar refractivity (Wildman–Crippen MR) is 66.1 cm³/mol. The van der Waals surface area contributed by atoms with Crippen LogP contribution < -0.4 is 11.3 Å². The van der Waals surface area contributed by atoms with Crippen LogP contribution in [0.2, 0.25) is 0 Å². The highest BCUT2D eigenvalue weighted by Gasteiger charge is 2.17. The van der Waals surface area contributed by atoms with E-state index in [9.17, 15) is 0 Å². The monoisotopic (exact) mass is 238 g/mol. The van der Waals surface area contributed by atoms with Crippen LogP contribution in [0, 0.1) is 0 Å². The van der Waals surface area contributed by atoms with Crippen molar-refractivity contribution in [2.75, 3.05) is 6.61 Å². The Morgan fingerprint density at radius 1 is 1.71 bits per heavy atom. The second-order valence-electron chi connectivity index (χ2n) is 4.66. The molecule has 0 aromatic carbocycles. The number of rotatable bonds is 6. The highest BCUT2D eigenvalue weighted by molar-refractivity contribution is 5.05. The van der Waals surface area contributed by atoms with Crippen LogP contribution in [-0.2, 0) is 11.8 Å². The SMILES string of the molecule is Cn1nccc1C(CCCC1CCCO1)NN. The third-order valence-electron chi connectivity index (χ3n) is 3.46. The molecule has 2 heterocycles. The summed E-state index contributed by atoms with van der Waals surface area (Å²) in [6.45, 7) is 0.935. The minimum atomic E-state index is 0.184. The minimum Gasteiger partial charge on any atom is -0.378 e. The second-order valence-corrected chi connectivity index (χ2v) is 4.66. The maximum Gasteiger partial charge on any atom is 0.0629 e. The number of hydrazine groups is 1. The topological polar surface area (TPSA) is 65.1 Å². The molecule has 0 saturated carbocycles. The zero-order valence-corrected chi connectivity index (χ0v) is 10.4. The molecule has 1 fully saturated rings. The number of hydrogen-bond donors (Lipinski definition) is 2. The van der Waals surface area contributed by atoms with E-state index in [4.69, 9.17) is 10.6 Å². The van der Waals surface area contributed by atoms with Crippen molar-refractivity contribution in [3.8, 4) is 0 Å². The Bertz CT molecular complexity index is 333. The van der Waals surface area contributed by atoms with Crippen LogP contribution in [0.15, 0.2) is 12.3 Å². The van der Waals surface area contributed by atoms with Gasteiger partial charge in [-0.3, -0.25) is 16.0 Å². The fourth-order valence-corrected chi connectivity index (χ4v) is 2.46. The molecule has 0 radical (unpaired) electrons. The van der Waals surface area contributed by atoms with E-state index in [0.29, 0.717) is 6.10 Å². The van der Waals surface area contributed by atoms with Crippen LogP contribution in [-0.4, -0.2) is 22.5 Å². The third-order valence-corrected chi connectivity index (χ3v) is 3.46. The highest BCUT2D eigenvalue weighted by atomic mass is 16.5. The molecule has 1 aromatic heterocycles. The summed E-state index contributed by atoms with van der Waals surface area (Å²) in [5.74, 6) is 5.60. The normalized spacial score (nSPS) is 21.9. The lowest BCUT2D eigenvalue weighted by molar-refractivity contribution is 0.101. The van der Waals surface area contributed by atoms with E-state index in [-0.39, 0.29) is 6.04 Å². The van der Waals surface area contributed by atoms with Crippen molar-refractivity contribution in [3.05, 3.63) is 18.0 Å². The molecular weight excluding hydrogens is 216 g/mol. The van der Waals surface area contributed by atoms with Crippen LogP contribution in [0.25, 0.3) is 0 Å². The quantitative estimate of drug-likeness (QED) is 0.578. The van der Waals surface area contributed by atoms with Crippen molar-refractivity contribution in [3.63, 3.8) is 0 Å². The number of aryl methyl sites for hydroxylation is 1. The molecule has 1 aliphatic rings. The van der Waals surface area contributed by atoms with Gasteiger partial charge >= 0.3 is 0 Å². The first-order valence-electron chi connectivity index (χ1n) is 6.37. The molecule has 96 valence electrons. The van der Waals surface area contributed by atoms with Crippen LogP contribution in [0.3, 0.4) is 0 Å². The lowest BCUT2D eigenvalue weighted by Gasteiger charge is -2.17. The van der Waals surface area contributed by atoms with Gasteiger partial charge in [-0.2, -0.15) is 5.10 Å². The number of ether oxygens (including phenoxy) is 1. The molecule has 2 unspecified atom stereocenters. The number of aromatic nitrogens is 2. The molecule has 5 nitrogen and oxygen atoms in total. The van der Waals surface area contributed by atoms with Gasteiger partial charge < -0.3 is 4.74 Å². The summed E-state index contributed by atoms with van der Waals surface area (Å²) < 4.78 is 7.49. The van der Waals surface area contributed by atoms with E-state index in [0.717, 1.165) is 31.6 Å². The van der Waals surface area contributed by atoms with Crippen LogP contribution in [0.4, 0.5) is 0 Å². The lowest BCUT2D eigenvalue weighted by atomic mass is 10.0. The van der Waals surface area contributed by atoms with E-state index in [1.165, 1.54) is 12.8 Å². The van der Waals surface area contributed by atoms with Gasteiger partial charge in [0.2, 0.25) is 0 Å². The first-order chi connectivity index (χ1) is 8.31. The number of nitrogens with one attached hydrogen (secondary N) is 1. The van der Waals surface area contributed by atoms with Crippen molar-refractivity contribution in [1.82, 2.24) is 15.2 Å². The Morgan fingerprint density at radius 2 is 2.59 bits per heavy atom. The van der Waals surface area contributed by atoms with Crippen molar-refractivity contribution in [2.24, 2.45) is 12.9 Å². The van der Waals surface area contributed by atoms with E-state index in [1.54, 1.807) is 6.20 Å². The summed E-state index contributed by atoms with van der Waals surface area (Å²) in [6, 6.07) is 2.19. The molecule has 1 aliphatic heterocycles. The summed E-state index contributed by atoms with van der Waals surface area (Å²) in [4.78, 5) is 0. The molecule has 1 aromatic rings. The van der Waals surface area contributed by atoms with Crippen LogP contribution in [0.1, 0.15) is 43.8 Å². The summed E-state index contributed by atoms with van der Waals surface area (Å²) >= 11 is 0. The fraction of sp³-hybridized carbons (Fsp3) is 0.750. The predicted octanol–water partition coefficient (Wildman–Crippen LogP) is 1.27. The molecule has 5 heteroatoms. The van der Waals surface area contributed by atoms with Crippen LogP contribution >= 0.6 is 0 Å². The van der Waals surface area contributed by atoms with Crippen molar-refractivity contribution < 1.29 is 4.74 Å².